The van der Waals surface area contributed by atoms with E-state index in [1.807, 2.05) is 6.92 Å². The van der Waals surface area contributed by atoms with Crippen molar-refractivity contribution in [3.05, 3.63) is 0 Å². The van der Waals surface area contributed by atoms with Crippen molar-refractivity contribution < 1.29 is 10.0 Å². The van der Waals surface area contributed by atoms with Gasteiger partial charge in [0, 0.05) is 6.54 Å². The van der Waals surface area contributed by atoms with Crippen LogP contribution in [-0.4, -0.2) is 23.5 Å². The highest BCUT2D eigenvalue weighted by atomic mass is 16.4. The monoisotopic (exact) mass is 257 g/mol. The van der Waals surface area contributed by atoms with Crippen LogP contribution in [0.5, 0.6) is 0 Å². The minimum absolute atomic E-state index is 0.0169. The minimum atomic E-state index is -0.539. The lowest BCUT2D eigenvalue weighted by atomic mass is 9.81. The number of rotatable bonds is 7. The van der Waals surface area contributed by atoms with Crippen LogP contribution in [0.4, 0.5) is 0 Å². The van der Waals surface area contributed by atoms with E-state index in [1.165, 1.54) is 0 Å². The largest absolute Gasteiger partial charge is 0.409 e. The third-order valence-electron chi connectivity index (χ3n) is 3.65. The fraction of sp³-hybridized carbons (Fsp3) is 0.846. The Kier molecular flexibility index (Phi) is 6.73. The van der Waals surface area contributed by atoms with Crippen molar-refractivity contribution in [2.24, 2.45) is 28.1 Å². The molecule has 0 aliphatic heterocycles. The van der Waals surface area contributed by atoms with Crippen molar-refractivity contribution in [1.29, 1.82) is 0 Å². The molecule has 5 heteroatoms. The van der Waals surface area contributed by atoms with E-state index in [9.17, 15) is 4.79 Å². The predicted octanol–water partition coefficient (Wildman–Crippen LogP) is 1.95. The standard InChI is InChI=1S/C13H27N3O2/c1-6-7-10(11(14)16-18)12(17)15-8-13(4,5)9(2)3/h9-10,18H,6-8H2,1-5H3,(H2,14,16)(H,15,17). The number of nitrogens with one attached hydrogen (secondary N) is 1. The molecule has 0 saturated carbocycles. The zero-order chi connectivity index (χ0) is 14.3. The molecule has 0 spiro atoms. The van der Waals surface area contributed by atoms with Crippen LogP contribution in [0.1, 0.15) is 47.5 Å². The van der Waals surface area contributed by atoms with Crippen molar-refractivity contribution in [3.8, 4) is 0 Å². The molecule has 0 aromatic rings. The quantitative estimate of drug-likeness (QED) is 0.282. The summed E-state index contributed by atoms with van der Waals surface area (Å²) in [5.41, 5.74) is 5.57. The van der Waals surface area contributed by atoms with Gasteiger partial charge in [0.25, 0.3) is 0 Å². The number of carbonyl (C=O) groups excluding carboxylic acids is 1. The highest BCUT2D eigenvalue weighted by Crippen LogP contribution is 2.24. The average Bonchev–Trinajstić information content (AvgIpc) is 2.32. The SMILES string of the molecule is CCCC(C(=O)NCC(C)(C)C(C)C)C(N)=NO. The van der Waals surface area contributed by atoms with Crippen LogP contribution in [0.3, 0.4) is 0 Å². The van der Waals surface area contributed by atoms with Gasteiger partial charge in [-0.2, -0.15) is 0 Å². The molecular formula is C13H27N3O2. The summed E-state index contributed by atoms with van der Waals surface area (Å²) >= 11 is 0. The van der Waals surface area contributed by atoms with Gasteiger partial charge < -0.3 is 16.3 Å². The Morgan fingerprint density at radius 3 is 2.39 bits per heavy atom. The molecule has 0 saturated heterocycles. The molecule has 106 valence electrons. The number of amidine groups is 1. The van der Waals surface area contributed by atoms with E-state index in [0.29, 0.717) is 18.9 Å². The Balaban J connectivity index is 4.54. The molecule has 0 fully saturated rings. The summed E-state index contributed by atoms with van der Waals surface area (Å²) < 4.78 is 0. The Morgan fingerprint density at radius 2 is 2.00 bits per heavy atom. The van der Waals surface area contributed by atoms with E-state index >= 15 is 0 Å². The third-order valence-corrected chi connectivity index (χ3v) is 3.65. The molecule has 0 bridgehead atoms. The molecular weight excluding hydrogens is 230 g/mol. The predicted molar refractivity (Wildman–Crippen MR) is 73.4 cm³/mol. The lowest BCUT2D eigenvalue weighted by Crippen LogP contribution is -2.43. The van der Waals surface area contributed by atoms with E-state index in [0.717, 1.165) is 6.42 Å². The number of amides is 1. The first kappa shape index (κ1) is 16.7. The highest BCUT2D eigenvalue weighted by molar-refractivity contribution is 6.02. The number of oxime groups is 1. The van der Waals surface area contributed by atoms with Gasteiger partial charge in [0.15, 0.2) is 5.84 Å². The summed E-state index contributed by atoms with van der Waals surface area (Å²) in [4.78, 5) is 12.0. The van der Waals surface area contributed by atoms with Crippen molar-refractivity contribution in [1.82, 2.24) is 5.32 Å². The van der Waals surface area contributed by atoms with Crippen LogP contribution in [0, 0.1) is 17.3 Å². The van der Waals surface area contributed by atoms with Gasteiger partial charge in [0.2, 0.25) is 5.91 Å². The topological polar surface area (TPSA) is 87.7 Å². The van der Waals surface area contributed by atoms with Crippen LogP contribution in [0.15, 0.2) is 5.16 Å². The summed E-state index contributed by atoms with van der Waals surface area (Å²) in [6.45, 7) is 11.0. The second-order valence-electron chi connectivity index (χ2n) is 5.73. The van der Waals surface area contributed by atoms with Crippen molar-refractivity contribution >= 4 is 11.7 Å². The first-order valence-corrected chi connectivity index (χ1v) is 6.51. The first-order valence-electron chi connectivity index (χ1n) is 6.51. The zero-order valence-electron chi connectivity index (χ0n) is 12.2. The van der Waals surface area contributed by atoms with Gasteiger partial charge in [-0.15, -0.1) is 0 Å². The average molecular weight is 257 g/mol. The number of nitrogens with zero attached hydrogens (tertiary/aromatic N) is 1. The zero-order valence-corrected chi connectivity index (χ0v) is 12.2. The van der Waals surface area contributed by atoms with Gasteiger partial charge in [-0.05, 0) is 17.8 Å². The minimum Gasteiger partial charge on any atom is -0.409 e. The molecule has 5 nitrogen and oxygen atoms in total. The Morgan fingerprint density at radius 1 is 1.44 bits per heavy atom. The fourth-order valence-electron chi connectivity index (χ4n) is 1.41. The summed E-state index contributed by atoms with van der Waals surface area (Å²) in [5.74, 6) is -0.258. The maximum absolute atomic E-state index is 12.0. The summed E-state index contributed by atoms with van der Waals surface area (Å²) in [6.07, 6.45) is 1.39. The molecule has 0 aromatic carbocycles. The normalized spacial score (nSPS) is 14.7. The Bertz CT molecular complexity index is 299. The van der Waals surface area contributed by atoms with Gasteiger partial charge in [0.05, 0.1) is 5.92 Å². The van der Waals surface area contributed by atoms with Crippen LogP contribution in [0.25, 0.3) is 0 Å². The summed E-state index contributed by atoms with van der Waals surface area (Å²) in [5, 5.41) is 14.5. The lowest BCUT2D eigenvalue weighted by molar-refractivity contribution is -0.123. The number of carbonyl (C=O) groups is 1. The van der Waals surface area contributed by atoms with Crippen LogP contribution in [0.2, 0.25) is 0 Å². The van der Waals surface area contributed by atoms with E-state index < -0.39 is 5.92 Å². The van der Waals surface area contributed by atoms with Crippen molar-refractivity contribution in [2.75, 3.05) is 6.54 Å². The van der Waals surface area contributed by atoms with Crippen LogP contribution >= 0.6 is 0 Å². The number of hydrogen-bond acceptors (Lipinski definition) is 3. The Hall–Kier alpha value is -1.26. The molecule has 1 unspecified atom stereocenters. The van der Waals surface area contributed by atoms with E-state index in [1.54, 1.807) is 0 Å². The fourth-order valence-corrected chi connectivity index (χ4v) is 1.41. The molecule has 0 aliphatic carbocycles. The van der Waals surface area contributed by atoms with E-state index in [4.69, 9.17) is 10.9 Å². The lowest BCUT2D eigenvalue weighted by Gasteiger charge is -2.30. The number of nitrogens with two attached hydrogens (primary N) is 1. The van der Waals surface area contributed by atoms with Crippen LogP contribution in [-0.2, 0) is 4.79 Å². The molecule has 4 N–H and O–H groups in total. The summed E-state index contributed by atoms with van der Waals surface area (Å²) in [6, 6.07) is 0. The molecule has 1 amide bonds. The summed E-state index contributed by atoms with van der Waals surface area (Å²) in [7, 11) is 0. The second kappa shape index (κ2) is 7.24. The molecule has 0 heterocycles. The molecule has 0 rings (SSSR count). The molecule has 0 aromatic heterocycles. The van der Waals surface area contributed by atoms with Crippen LogP contribution < -0.4 is 11.1 Å². The maximum atomic E-state index is 12.0. The second-order valence-corrected chi connectivity index (χ2v) is 5.73. The molecule has 1 atom stereocenters. The van der Waals surface area contributed by atoms with E-state index in [-0.39, 0.29) is 17.2 Å². The van der Waals surface area contributed by atoms with Crippen molar-refractivity contribution in [2.45, 2.75) is 47.5 Å². The Labute approximate surface area is 110 Å². The maximum Gasteiger partial charge on any atom is 0.230 e. The third kappa shape index (κ3) is 4.94. The van der Waals surface area contributed by atoms with Crippen molar-refractivity contribution in [3.63, 3.8) is 0 Å². The molecule has 18 heavy (non-hydrogen) atoms. The molecule has 0 radical (unpaired) electrons. The smallest absolute Gasteiger partial charge is 0.230 e. The van der Waals surface area contributed by atoms with Gasteiger partial charge >= 0.3 is 0 Å². The van der Waals surface area contributed by atoms with Gasteiger partial charge in [0.1, 0.15) is 0 Å². The van der Waals surface area contributed by atoms with Gasteiger partial charge in [-0.1, -0.05) is 46.2 Å². The van der Waals surface area contributed by atoms with Gasteiger partial charge in [-0.3, -0.25) is 4.79 Å². The highest BCUT2D eigenvalue weighted by Gasteiger charge is 2.26. The number of hydrogen-bond donors (Lipinski definition) is 3. The first-order chi connectivity index (χ1) is 8.26. The van der Waals surface area contributed by atoms with E-state index in [2.05, 4.69) is 38.2 Å². The van der Waals surface area contributed by atoms with Gasteiger partial charge in [-0.25, -0.2) is 0 Å². The molecule has 0 aliphatic rings.